The number of imidazole rings is 1. The van der Waals surface area contributed by atoms with Crippen LogP contribution in [-0.2, 0) is 10.3 Å². The van der Waals surface area contributed by atoms with Crippen LogP contribution in [-0.4, -0.2) is 56.8 Å². The molecule has 6 N–H and O–H groups in total. The zero-order chi connectivity index (χ0) is 16.5. The maximum absolute atomic E-state index is 15.1. The van der Waals surface area contributed by atoms with Crippen LogP contribution in [0, 0.1) is 5.41 Å². The number of halogens is 1. The molecule has 0 aliphatic carbocycles. The van der Waals surface area contributed by atoms with E-state index in [9.17, 15) is 10.2 Å². The molecule has 1 saturated heterocycles. The first-order chi connectivity index (χ1) is 10.3. The predicted octanol–water partition coefficient (Wildman–Crippen LogP) is -0.416. The van der Waals surface area contributed by atoms with E-state index in [2.05, 4.69) is 21.5 Å². The molecule has 0 amide bonds. The summed E-state index contributed by atoms with van der Waals surface area (Å²) in [5.41, 5.74) is 1.80. The molecule has 0 spiro atoms. The molecule has 2 rings (SSSR count). The van der Waals surface area contributed by atoms with Gasteiger partial charge in [0.25, 0.3) is 0 Å². The van der Waals surface area contributed by atoms with Crippen LogP contribution in [0.2, 0.25) is 0 Å². The molecule has 0 unspecified atom stereocenters. The monoisotopic (exact) mass is 311 g/mol. The topological polar surface area (TPSA) is 141 Å². The fraction of sp³-hybridized carbons (Fsp3) is 0.462. The zero-order valence-corrected chi connectivity index (χ0v) is 12.0. The number of aliphatic imine (C=N–C) groups is 1. The molecule has 1 aromatic heterocycles. The van der Waals surface area contributed by atoms with Crippen molar-refractivity contribution in [2.75, 3.05) is 6.61 Å². The summed E-state index contributed by atoms with van der Waals surface area (Å²) >= 11 is 0. The number of aliphatic hydroxyl groups excluding tert-OH is 2. The molecule has 1 aliphatic heterocycles. The third kappa shape index (κ3) is 2.14. The average Bonchev–Trinajstić information content (AvgIpc) is 3.04. The molecule has 0 bridgehead atoms. The Morgan fingerprint density at radius 2 is 2.45 bits per heavy atom. The number of ether oxygens (including phenoxy) is 1. The molecule has 120 valence electrons. The van der Waals surface area contributed by atoms with Crippen LogP contribution in [0.1, 0.15) is 18.4 Å². The highest BCUT2D eigenvalue weighted by molar-refractivity contribution is 5.98. The molecule has 1 aliphatic rings. The van der Waals surface area contributed by atoms with Gasteiger partial charge in [-0.1, -0.05) is 12.7 Å². The summed E-state index contributed by atoms with van der Waals surface area (Å²) < 4.78 is 20.6. The second kappa shape index (κ2) is 5.59. The SMILES string of the molecule is C=C[C@@]1(c2cnc(C(N)=NC=N)[nH]2)O[C@H](CO)[C@@H](O)[C@@]1(C)F. The van der Waals surface area contributed by atoms with Crippen molar-refractivity contribution in [2.24, 2.45) is 10.7 Å². The summed E-state index contributed by atoms with van der Waals surface area (Å²) in [6.07, 6.45) is 0.584. The van der Waals surface area contributed by atoms with Gasteiger partial charge in [-0.05, 0) is 6.92 Å². The number of nitrogens with two attached hydrogens (primary N) is 1. The maximum Gasteiger partial charge on any atom is 0.174 e. The summed E-state index contributed by atoms with van der Waals surface area (Å²) in [6.45, 7) is 4.19. The second-order valence-corrected chi connectivity index (χ2v) is 5.09. The molecule has 2 heterocycles. The molecule has 1 aromatic rings. The van der Waals surface area contributed by atoms with Crippen LogP contribution in [0.3, 0.4) is 0 Å². The quantitative estimate of drug-likeness (QED) is 0.285. The van der Waals surface area contributed by atoms with Crippen molar-refractivity contribution in [3.8, 4) is 0 Å². The van der Waals surface area contributed by atoms with Crippen LogP contribution in [0.5, 0.6) is 0 Å². The second-order valence-electron chi connectivity index (χ2n) is 5.09. The van der Waals surface area contributed by atoms with Gasteiger partial charge in [-0.3, -0.25) is 5.41 Å². The van der Waals surface area contributed by atoms with Gasteiger partial charge in [0.1, 0.15) is 18.5 Å². The van der Waals surface area contributed by atoms with Gasteiger partial charge in [-0.2, -0.15) is 0 Å². The molecule has 1 fully saturated rings. The van der Waals surface area contributed by atoms with Gasteiger partial charge in [-0.25, -0.2) is 14.4 Å². The number of aromatic nitrogens is 2. The Morgan fingerprint density at radius 3 is 2.95 bits per heavy atom. The number of amidine groups is 1. The fourth-order valence-corrected chi connectivity index (χ4v) is 2.58. The highest BCUT2D eigenvalue weighted by Gasteiger charge is 2.64. The standard InChI is InChI=1S/C13H18FN5O3/c1-3-13(12(2,14)9(21)7(5-20)22-13)8-4-17-11(19-8)10(16)18-6-15/h3-4,6-7,9,20-21H,1,5H2,2H3,(H,17,19)(H3,15,16,18)/t7-,9-,12-,13+/m1/s1. The predicted molar refractivity (Wildman–Crippen MR) is 77.4 cm³/mol. The summed E-state index contributed by atoms with van der Waals surface area (Å²) in [6, 6.07) is 0. The lowest BCUT2D eigenvalue weighted by atomic mass is 9.81. The number of aliphatic hydroxyl groups is 2. The summed E-state index contributed by atoms with van der Waals surface area (Å²) in [4.78, 5) is 10.3. The van der Waals surface area contributed by atoms with E-state index < -0.39 is 30.1 Å². The molecule has 0 saturated carbocycles. The van der Waals surface area contributed by atoms with Crippen LogP contribution >= 0.6 is 0 Å². The van der Waals surface area contributed by atoms with Gasteiger partial charge >= 0.3 is 0 Å². The molecule has 8 nitrogen and oxygen atoms in total. The highest BCUT2D eigenvalue weighted by Crippen LogP contribution is 2.49. The third-order valence-electron chi connectivity index (χ3n) is 3.86. The van der Waals surface area contributed by atoms with Crippen molar-refractivity contribution in [1.82, 2.24) is 9.97 Å². The minimum atomic E-state index is -2.25. The van der Waals surface area contributed by atoms with E-state index in [0.717, 1.165) is 13.3 Å². The Kier molecular flexibility index (Phi) is 4.14. The van der Waals surface area contributed by atoms with Crippen molar-refractivity contribution in [1.29, 1.82) is 5.41 Å². The molecular weight excluding hydrogens is 293 g/mol. The first kappa shape index (κ1) is 16.3. The van der Waals surface area contributed by atoms with Crippen LogP contribution < -0.4 is 5.73 Å². The number of nitrogens with one attached hydrogen (secondary N) is 2. The van der Waals surface area contributed by atoms with E-state index in [-0.39, 0.29) is 17.4 Å². The van der Waals surface area contributed by atoms with Crippen LogP contribution in [0.25, 0.3) is 0 Å². The Hall–Kier alpha value is -2.10. The van der Waals surface area contributed by atoms with E-state index in [1.54, 1.807) is 0 Å². The normalized spacial score (nSPS) is 35.5. The van der Waals surface area contributed by atoms with Crippen molar-refractivity contribution in [3.63, 3.8) is 0 Å². The number of H-pyrrole nitrogens is 1. The minimum Gasteiger partial charge on any atom is -0.394 e. The molecular formula is C13H18FN5O3. The smallest absolute Gasteiger partial charge is 0.174 e. The van der Waals surface area contributed by atoms with Crippen molar-refractivity contribution in [3.05, 3.63) is 30.4 Å². The summed E-state index contributed by atoms with van der Waals surface area (Å²) in [5, 5.41) is 26.1. The number of aromatic amines is 1. The molecule has 4 atom stereocenters. The molecule has 9 heteroatoms. The Morgan fingerprint density at radius 1 is 1.77 bits per heavy atom. The lowest BCUT2D eigenvalue weighted by Gasteiger charge is -2.33. The Labute approximate surface area is 126 Å². The van der Waals surface area contributed by atoms with E-state index in [1.165, 1.54) is 12.3 Å². The summed E-state index contributed by atoms with van der Waals surface area (Å²) in [5.74, 6) is 0.0688. The number of hydrogen-bond donors (Lipinski definition) is 5. The fourth-order valence-electron chi connectivity index (χ4n) is 2.58. The Balaban J connectivity index is 2.50. The first-order valence-corrected chi connectivity index (χ1v) is 6.51. The number of alkyl halides is 1. The lowest BCUT2D eigenvalue weighted by molar-refractivity contribution is -0.0761. The van der Waals surface area contributed by atoms with Gasteiger partial charge < -0.3 is 25.7 Å². The van der Waals surface area contributed by atoms with Crippen molar-refractivity contribution >= 4 is 12.2 Å². The van der Waals surface area contributed by atoms with Gasteiger partial charge in [0.15, 0.2) is 22.9 Å². The van der Waals surface area contributed by atoms with E-state index in [1.807, 2.05) is 0 Å². The number of rotatable bonds is 5. The highest BCUT2D eigenvalue weighted by atomic mass is 19.1. The van der Waals surface area contributed by atoms with Gasteiger partial charge in [0, 0.05) is 0 Å². The van der Waals surface area contributed by atoms with E-state index in [4.69, 9.17) is 15.9 Å². The van der Waals surface area contributed by atoms with Crippen LogP contribution in [0.15, 0.2) is 23.8 Å². The van der Waals surface area contributed by atoms with Crippen LogP contribution in [0.4, 0.5) is 4.39 Å². The zero-order valence-electron chi connectivity index (χ0n) is 12.0. The van der Waals surface area contributed by atoms with Gasteiger partial charge in [-0.15, -0.1) is 0 Å². The van der Waals surface area contributed by atoms with Crippen molar-refractivity contribution in [2.45, 2.75) is 30.4 Å². The Bertz CT molecular complexity index is 615. The van der Waals surface area contributed by atoms with E-state index in [0.29, 0.717) is 0 Å². The summed E-state index contributed by atoms with van der Waals surface area (Å²) in [7, 11) is 0. The van der Waals surface area contributed by atoms with Gasteiger partial charge in [0.2, 0.25) is 0 Å². The minimum absolute atomic E-state index is 0.0572. The average molecular weight is 311 g/mol. The molecule has 22 heavy (non-hydrogen) atoms. The maximum atomic E-state index is 15.1. The largest absolute Gasteiger partial charge is 0.394 e. The lowest BCUT2D eigenvalue weighted by Crippen LogP contribution is -2.48. The molecule has 0 radical (unpaired) electrons. The number of nitrogens with zero attached hydrogens (tertiary/aromatic N) is 2. The van der Waals surface area contributed by atoms with Crippen molar-refractivity contribution < 1.29 is 19.3 Å². The third-order valence-corrected chi connectivity index (χ3v) is 3.86. The van der Waals surface area contributed by atoms with E-state index >= 15 is 4.39 Å². The first-order valence-electron chi connectivity index (χ1n) is 6.51. The molecule has 0 aromatic carbocycles. The number of hydrogen-bond acceptors (Lipinski definition) is 5. The van der Waals surface area contributed by atoms with Gasteiger partial charge in [0.05, 0.1) is 18.5 Å².